The van der Waals surface area contributed by atoms with E-state index in [1.807, 2.05) is 12.1 Å². The number of hydrogen-bond acceptors (Lipinski definition) is 4. The Morgan fingerprint density at radius 1 is 1.29 bits per heavy atom. The lowest BCUT2D eigenvalue weighted by Crippen LogP contribution is -2.41. The van der Waals surface area contributed by atoms with Gasteiger partial charge in [0.05, 0.1) is 5.60 Å². The predicted molar refractivity (Wildman–Crippen MR) is 89.7 cm³/mol. The summed E-state index contributed by atoms with van der Waals surface area (Å²) in [5.41, 5.74) is 3.86. The van der Waals surface area contributed by atoms with Crippen molar-refractivity contribution >= 4 is 5.97 Å². The van der Waals surface area contributed by atoms with Crippen molar-refractivity contribution in [2.45, 2.75) is 57.5 Å². The van der Waals surface area contributed by atoms with Gasteiger partial charge in [-0.1, -0.05) is 6.92 Å². The third kappa shape index (κ3) is 2.05. The first-order chi connectivity index (χ1) is 11.2. The van der Waals surface area contributed by atoms with Gasteiger partial charge in [0.25, 0.3) is 0 Å². The maximum absolute atomic E-state index is 11.9. The van der Waals surface area contributed by atoms with Crippen molar-refractivity contribution in [3.8, 4) is 5.75 Å². The molecule has 0 radical (unpaired) electrons. The first kappa shape index (κ1) is 15.7. The topological polar surface area (TPSA) is 66.8 Å². The number of carbonyl (C=O) groups excluding carboxylic acids is 1. The Balaban J connectivity index is 1.83. The van der Waals surface area contributed by atoms with Crippen LogP contribution in [-0.2, 0) is 27.0 Å². The third-order valence-corrected chi connectivity index (χ3v) is 6.28. The van der Waals surface area contributed by atoms with E-state index in [4.69, 9.17) is 4.74 Å². The molecule has 1 aliphatic heterocycles. The van der Waals surface area contributed by atoms with Crippen molar-refractivity contribution in [3.63, 3.8) is 0 Å². The summed E-state index contributed by atoms with van der Waals surface area (Å²) >= 11 is 0. The molecule has 1 aromatic carbocycles. The molecule has 4 heteroatoms. The molecule has 0 saturated carbocycles. The number of benzene rings is 1. The summed E-state index contributed by atoms with van der Waals surface area (Å²) < 4.78 is 5.27. The van der Waals surface area contributed by atoms with Crippen LogP contribution in [-0.4, -0.2) is 22.8 Å². The van der Waals surface area contributed by atoms with Crippen LogP contribution in [0.4, 0.5) is 0 Å². The summed E-state index contributed by atoms with van der Waals surface area (Å²) in [6.07, 6.45) is 3.51. The van der Waals surface area contributed by atoms with E-state index in [-0.39, 0.29) is 17.1 Å². The highest BCUT2D eigenvalue weighted by molar-refractivity contribution is 5.92. The fourth-order valence-electron chi connectivity index (χ4n) is 4.94. The predicted octanol–water partition coefficient (Wildman–Crippen LogP) is 3.09. The first-order valence-electron chi connectivity index (χ1n) is 8.70. The Labute approximate surface area is 142 Å². The number of hydrogen-bond donors (Lipinski definition) is 2. The Morgan fingerprint density at radius 3 is 2.75 bits per heavy atom. The van der Waals surface area contributed by atoms with Crippen LogP contribution in [0.25, 0.3) is 0 Å². The Morgan fingerprint density at radius 2 is 2.04 bits per heavy atom. The lowest BCUT2D eigenvalue weighted by Gasteiger charge is -2.46. The molecule has 0 aromatic heterocycles. The Bertz CT molecular complexity index is 769. The van der Waals surface area contributed by atoms with Gasteiger partial charge in [0, 0.05) is 11.1 Å². The van der Waals surface area contributed by atoms with Gasteiger partial charge in [0.2, 0.25) is 0 Å². The summed E-state index contributed by atoms with van der Waals surface area (Å²) in [7, 11) is 0. The number of aliphatic hydroxyl groups is 1. The summed E-state index contributed by atoms with van der Waals surface area (Å²) in [4.78, 5) is 11.9. The molecule has 1 aromatic rings. The lowest BCUT2D eigenvalue weighted by atomic mass is 9.56. The molecule has 24 heavy (non-hydrogen) atoms. The molecular formula is C20H24O4. The molecule has 3 aliphatic rings. The van der Waals surface area contributed by atoms with Gasteiger partial charge in [-0.05, 0) is 79.7 Å². The van der Waals surface area contributed by atoms with Crippen LogP contribution in [0.3, 0.4) is 0 Å². The zero-order valence-corrected chi connectivity index (χ0v) is 14.5. The van der Waals surface area contributed by atoms with Crippen molar-refractivity contribution in [2.24, 2.45) is 5.92 Å². The van der Waals surface area contributed by atoms with Crippen molar-refractivity contribution in [3.05, 3.63) is 40.0 Å². The van der Waals surface area contributed by atoms with Gasteiger partial charge in [-0.15, -0.1) is 0 Å². The number of phenolic OH excluding ortho intramolecular Hbond substituents is 1. The molecule has 2 atom stereocenters. The van der Waals surface area contributed by atoms with Gasteiger partial charge in [0.1, 0.15) is 12.4 Å². The average molecular weight is 328 g/mol. The molecule has 0 saturated heterocycles. The van der Waals surface area contributed by atoms with Crippen LogP contribution in [0.5, 0.6) is 5.75 Å². The second kappa shape index (κ2) is 4.85. The largest absolute Gasteiger partial charge is 0.508 e. The van der Waals surface area contributed by atoms with Gasteiger partial charge >= 0.3 is 5.97 Å². The number of phenols is 1. The molecule has 2 aliphatic carbocycles. The van der Waals surface area contributed by atoms with Crippen molar-refractivity contribution in [2.75, 3.05) is 6.61 Å². The lowest BCUT2D eigenvalue weighted by molar-refractivity contribution is -0.136. The molecule has 1 heterocycles. The van der Waals surface area contributed by atoms with Gasteiger partial charge in [-0.25, -0.2) is 4.79 Å². The van der Waals surface area contributed by atoms with Crippen LogP contribution >= 0.6 is 0 Å². The van der Waals surface area contributed by atoms with E-state index in [0.29, 0.717) is 18.1 Å². The highest BCUT2D eigenvalue weighted by atomic mass is 16.5. The number of esters is 1. The third-order valence-electron chi connectivity index (χ3n) is 6.28. The van der Waals surface area contributed by atoms with E-state index in [1.54, 1.807) is 13.8 Å². The van der Waals surface area contributed by atoms with Crippen molar-refractivity contribution in [1.82, 2.24) is 0 Å². The van der Waals surface area contributed by atoms with E-state index in [2.05, 4.69) is 6.92 Å². The smallest absolute Gasteiger partial charge is 0.334 e. The molecule has 0 bridgehead atoms. The molecule has 128 valence electrons. The number of rotatable bonds is 1. The summed E-state index contributed by atoms with van der Waals surface area (Å²) in [5.74, 6) is 0.312. The minimum atomic E-state index is -1.06. The number of aryl methyl sites for hydroxylation is 1. The molecule has 4 rings (SSSR count). The fourth-order valence-corrected chi connectivity index (χ4v) is 4.94. The number of ether oxygens (including phenoxy) is 1. The van der Waals surface area contributed by atoms with Crippen LogP contribution < -0.4 is 0 Å². The first-order valence-corrected chi connectivity index (χ1v) is 8.70. The molecule has 2 N–H and O–H groups in total. The van der Waals surface area contributed by atoms with Gasteiger partial charge in [-0.3, -0.25) is 0 Å². The standard InChI is InChI=1S/C20H24O4/c1-19(2,23)16-8-11-4-5-14-13-10-24-18(22)12(13)6-7-20(14,3)15(11)9-17(16)21/h8-9,14,21,23H,4-7,10H2,1-3H3/t14-,20-/m0/s1. The number of fused-ring (bicyclic) bond motifs is 4. The second-order valence-corrected chi connectivity index (χ2v) is 8.17. The fraction of sp³-hybridized carbons (Fsp3) is 0.550. The monoisotopic (exact) mass is 328 g/mol. The summed E-state index contributed by atoms with van der Waals surface area (Å²) in [6.45, 7) is 6.06. The van der Waals surface area contributed by atoms with E-state index in [9.17, 15) is 15.0 Å². The molecule has 0 amide bonds. The van der Waals surface area contributed by atoms with Gasteiger partial charge in [0.15, 0.2) is 0 Å². The zero-order chi connectivity index (χ0) is 17.3. The van der Waals surface area contributed by atoms with Gasteiger partial charge < -0.3 is 14.9 Å². The highest BCUT2D eigenvalue weighted by Crippen LogP contribution is 2.54. The molecule has 0 spiro atoms. The van der Waals surface area contributed by atoms with Crippen LogP contribution in [0.1, 0.15) is 56.7 Å². The van der Waals surface area contributed by atoms with E-state index in [0.717, 1.165) is 36.8 Å². The number of carbonyl (C=O) groups is 1. The number of cyclic esters (lactones) is 1. The van der Waals surface area contributed by atoms with Crippen LogP contribution in [0.2, 0.25) is 0 Å². The highest BCUT2D eigenvalue weighted by Gasteiger charge is 2.48. The van der Waals surface area contributed by atoms with Gasteiger partial charge in [-0.2, -0.15) is 0 Å². The maximum atomic E-state index is 11.9. The normalized spacial score (nSPS) is 29.0. The SMILES string of the molecule is CC(C)(O)c1cc2c(cc1O)[C@@]1(C)CCC3=C(COC3=O)[C@@H]1CC2. The average Bonchev–Trinajstić information content (AvgIpc) is 2.87. The molecular weight excluding hydrogens is 304 g/mol. The molecule has 0 fully saturated rings. The quantitative estimate of drug-likeness (QED) is 0.778. The van der Waals surface area contributed by atoms with Crippen molar-refractivity contribution < 1.29 is 19.7 Å². The van der Waals surface area contributed by atoms with Crippen molar-refractivity contribution in [1.29, 1.82) is 0 Å². The zero-order valence-electron chi connectivity index (χ0n) is 14.5. The maximum Gasteiger partial charge on any atom is 0.334 e. The molecule has 0 unspecified atom stereocenters. The molecule has 4 nitrogen and oxygen atoms in total. The Kier molecular flexibility index (Phi) is 3.17. The van der Waals surface area contributed by atoms with Crippen LogP contribution in [0.15, 0.2) is 23.3 Å². The van der Waals surface area contributed by atoms with E-state index < -0.39 is 5.60 Å². The second-order valence-electron chi connectivity index (χ2n) is 8.17. The van der Waals surface area contributed by atoms with Crippen LogP contribution in [0, 0.1) is 5.92 Å². The van der Waals surface area contributed by atoms with E-state index >= 15 is 0 Å². The Hall–Kier alpha value is -1.81. The minimum absolute atomic E-state index is 0.0873. The minimum Gasteiger partial charge on any atom is -0.508 e. The number of aromatic hydroxyl groups is 1. The summed E-state index contributed by atoms with van der Waals surface area (Å²) in [5, 5.41) is 20.8. The summed E-state index contributed by atoms with van der Waals surface area (Å²) in [6, 6.07) is 3.81. The van der Waals surface area contributed by atoms with E-state index in [1.165, 1.54) is 11.1 Å².